The molecule has 2 fully saturated rings. The number of nitrogens with zero attached hydrogens (tertiary/aromatic N) is 7. The molecule has 2 aromatic carbocycles. The van der Waals surface area contributed by atoms with Crippen LogP contribution >= 0.6 is 11.6 Å². The Morgan fingerprint density at radius 3 is 2.64 bits per heavy atom. The number of benzene rings is 2. The number of pyridine rings is 1. The Labute approximate surface area is 249 Å². The summed E-state index contributed by atoms with van der Waals surface area (Å²) in [6, 6.07) is 13.8. The van der Waals surface area contributed by atoms with Crippen molar-refractivity contribution in [3.63, 3.8) is 0 Å². The van der Waals surface area contributed by atoms with E-state index in [2.05, 4.69) is 30.7 Å². The molecule has 0 bridgehead atoms. The Morgan fingerprint density at radius 1 is 1.07 bits per heavy atom. The van der Waals surface area contributed by atoms with Crippen LogP contribution in [-0.2, 0) is 4.74 Å². The zero-order valence-corrected chi connectivity index (χ0v) is 24.7. The number of piperazine rings is 1. The minimum Gasteiger partial charge on any atom is -0.462 e. The number of rotatable bonds is 7. The van der Waals surface area contributed by atoms with Gasteiger partial charge in [-0.3, -0.25) is 14.8 Å². The number of aromatic nitrogens is 3. The van der Waals surface area contributed by atoms with Crippen LogP contribution in [0.15, 0.2) is 42.6 Å². The molecule has 2 aromatic heterocycles. The standard InChI is InChI=1S/C31H33ClFN7O2/c1-38-12-13-40(16-20(38)10-11-34)30-24-15-35-28(23-8-4-6-19-7-5-9-25(32)26(19)23)27(33)29(24)36-31(37-30)42-18-21-14-22(41-3)17-39(21)2/h4-9,15,20-22H,10,12-14,16-18H2,1-3H3/t20-,21-,22+/m0/s1. The van der Waals surface area contributed by atoms with E-state index in [1.54, 1.807) is 19.4 Å². The van der Waals surface area contributed by atoms with Crippen LogP contribution in [0.5, 0.6) is 6.01 Å². The van der Waals surface area contributed by atoms with E-state index in [1.165, 1.54) is 0 Å². The van der Waals surface area contributed by atoms with Gasteiger partial charge in [-0.25, -0.2) is 4.39 Å². The van der Waals surface area contributed by atoms with Crippen molar-refractivity contribution >= 4 is 39.1 Å². The van der Waals surface area contributed by atoms with Gasteiger partial charge in [-0.1, -0.05) is 41.9 Å². The van der Waals surface area contributed by atoms with Crippen molar-refractivity contribution in [2.75, 3.05) is 58.9 Å². The highest BCUT2D eigenvalue weighted by Gasteiger charge is 2.31. The van der Waals surface area contributed by atoms with Gasteiger partial charge in [-0.2, -0.15) is 15.2 Å². The zero-order valence-electron chi connectivity index (χ0n) is 23.9. The molecular formula is C31H33ClFN7O2. The number of likely N-dealkylation sites (tertiary alicyclic amines) is 1. The molecule has 11 heteroatoms. The number of methoxy groups -OCH3 is 1. The van der Waals surface area contributed by atoms with Gasteiger partial charge in [-0.05, 0) is 32.0 Å². The van der Waals surface area contributed by atoms with Gasteiger partial charge in [0.2, 0.25) is 0 Å². The van der Waals surface area contributed by atoms with Gasteiger partial charge in [0.15, 0.2) is 5.82 Å². The Hall–Kier alpha value is -3.62. The molecule has 0 unspecified atom stereocenters. The molecule has 0 N–H and O–H groups in total. The molecule has 0 radical (unpaired) electrons. The van der Waals surface area contributed by atoms with Crippen LogP contribution in [-0.4, -0.2) is 96.9 Å². The van der Waals surface area contributed by atoms with Crippen molar-refractivity contribution < 1.29 is 13.9 Å². The molecule has 6 rings (SSSR count). The summed E-state index contributed by atoms with van der Waals surface area (Å²) in [6.45, 7) is 3.13. The third kappa shape index (κ3) is 5.34. The van der Waals surface area contributed by atoms with E-state index in [4.69, 9.17) is 26.1 Å². The quantitative estimate of drug-likeness (QED) is 0.302. The fourth-order valence-electron chi connectivity index (χ4n) is 6.04. The normalized spacial score (nSPS) is 21.7. The van der Waals surface area contributed by atoms with E-state index in [-0.39, 0.29) is 35.4 Å². The lowest BCUT2D eigenvalue weighted by Crippen LogP contribution is -2.51. The van der Waals surface area contributed by atoms with Gasteiger partial charge >= 0.3 is 6.01 Å². The molecule has 2 aliphatic rings. The third-order valence-electron chi connectivity index (χ3n) is 8.54. The first-order chi connectivity index (χ1) is 20.4. The molecule has 0 saturated carbocycles. The van der Waals surface area contributed by atoms with Gasteiger partial charge in [-0.15, -0.1) is 0 Å². The molecule has 0 amide bonds. The molecule has 9 nitrogen and oxygen atoms in total. The fraction of sp³-hybridized carbons (Fsp3) is 0.419. The molecule has 3 atom stereocenters. The summed E-state index contributed by atoms with van der Waals surface area (Å²) < 4.78 is 28.3. The Morgan fingerprint density at radius 2 is 1.88 bits per heavy atom. The topological polar surface area (TPSA) is 90.6 Å². The summed E-state index contributed by atoms with van der Waals surface area (Å²) in [4.78, 5) is 20.4. The molecule has 4 aromatic rings. The third-order valence-corrected chi connectivity index (χ3v) is 8.86. The van der Waals surface area contributed by atoms with Gasteiger partial charge in [0.05, 0.1) is 24.0 Å². The van der Waals surface area contributed by atoms with E-state index < -0.39 is 5.82 Å². The number of hydrogen-bond donors (Lipinski definition) is 0. The van der Waals surface area contributed by atoms with Crippen LogP contribution in [0.4, 0.5) is 10.2 Å². The fourth-order valence-corrected chi connectivity index (χ4v) is 6.32. The highest BCUT2D eigenvalue weighted by atomic mass is 35.5. The maximum atomic E-state index is 16.6. The molecule has 2 aliphatic heterocycles. The van der Waals surface area contributed by atoms with Crippen LogP contribution in [0.3, 0.4) is 0 Å². The number of halogens is 2. The summed E-state index contributed by atoms with van der Waals surface area (Å²) in [6.07, 6.45) is 2.98. The summed E-state index contributed by atoms with van der Waals surface area (Å²) in [5.41, 5.74) is 0.886. The smallest absolute Gasteiger partial charge is 0.319 e. The second-order valence-corrected chi connectivity index (χ2v) is 11.5. The van der Waals surface area contributed by atoms with E-state index in [0.717, 1.165) is 30.3 Å². The molecule has 0 aliphatic carbocycles. The Kier molecular flexibility index (Phi) is 8.10. The van der Waals surface area contributed by atoms with E-state index in [9.17, 15) is 5.26 Å². The second kappa shape index (κ2) is 11.9. The van der Waals surface area contributed by atoms with Crippen LogP contribution < -0.4 is 9.64 Å². The monoisotopic (exact) mass is 589 g/mol. The number of nitriles is 1. The van der Waals surface area contributed by atoms with Crippen LogP contribution in [0, 0.1) is 17.1 Å². The van der Waals surface area contributed by atoms with Crippen molar-refractivity contribution in [2.45, 2.75) is 31.0 Å². The lowest BCUT2D eigenvalue weighted by molar-refractivity contribution is 0.111. The highest BCUT2D eigenvalue weighted by molar-refractivity contribution is 6.36. The summed E-state index contributed by atoms with van der Waals surface area (Å²) in [5, 5.41) is 12.0. The second-order valence-electron chi connectivity index (χ2n) is 11.1. The SMILES string of the molecule is CO[C@@H]1C[C@@H](COc2nc(N3CCN(C)[C@@H](CC#N)C3)c3cnc(-c4cccc5cccc(Cl)c45)c(F)c3n2)N(C)C1. The van der Waals surface area contributed by atoms with Crippen molar-refractivity contribution in [2.24, 2.45) is 0 Å². The van der Waals surface area contributed by atoms with Gasteiger partial charge < -0.3 is 14.4 Å². The maximum Gasteiger partial charge on any atom is 0.319 e. The minimum absolute atomic E-state index is 0.0196. The predicted octanol–water partition coefficient (Wildman–Crippen LogP) is 4.77. The van der Waals surface area contributed by atoms with E-state index in [1.807, 2.05) is 44.4 Å². The van der Waals surface area contributed by atoms with Crippen molar-refractivity contribution in [1.29, 1.82) is 5.26 Å². The molecule has 0 spiro atoms. The summed E-state index contributed by atoms with van der Waals surface area (Å²) in [5.74, 6) is -0.0111. The van der Waals surface area contributed by atoms with Gasteiger partial charge in [0.25, 0.3) is 0 Å². The zero-order chi connectivity index (χ0) is 29.4. The average molecular weight is 590 g/mol. The molecular weight excluding hydrogens is 557 g/mol. The average Bonchev–Trinajstić information content (AvgIpc) is 3.36. The predicted molar refractivity (Wildman–Crippen MR) is 161 cm³/mol. The first kappa shape index (κ1) is 28.5. The summed E-state index contributed by atoms with van der Waals surface area (Å²) >= 11 is 6.58. The maximum absolute atomic E-state index is 16.6. The lowest BCUT2D eigenvalue weighted by Gasteiger charge is -2.39. The summed E-state index contributed by atoms with van der Waals surface area (Å²) in [7, 11) is 5.76. The largest absolute Gasteiger partial charge is 0.462 e. The Bertz CT molecular complexity index is 1660. The van der Waals surface area contributed by atoms with Crippen LogP contribution in [0.25, 0.3) is 32.9 Å². The molecule has 218 valence electrons. The molecule has 2 saturated heterocycles. The Balaban J connectivity index is 1.44. The minimum atomic E-state index is -0.562. The number of hydrogen-bond acceptors (Lipinski definition) is 9. The van der Waals surface area contributed by atoms with E-state index in [0.29, 0.717) is 47.9 Å². The van der Waals surface area contributed by atoms with Crippen molar-refractivity contribution in [3.8, 4) is 23.3 Å². The number of fused-ring (bicyclic) bond motifs is 2. The van der Waals surface area contributed by atoms with Crippen molar-refractivity contribution in [1.82, 2.24) is 24.8 Å². The van der Waals surface area contributed by atoms with Crippen LogP contribution in [0.1, 0.15) is 12.8 Å². The highest BCUT2D eigenvalue weighted by Crippen LogP contribution is 2.37. The number of anilines is 1. The number of ether oxygens (including phenoxy) is 2. The van der Waals surface area contributed by atoms with E-state index >= 15 is 4.39 Å². The first-order valence-electron chi connectivity index (χ1n) is 14.1. The van der Waals surface area contributed by atoms with Gasteiger partial charge in [0.1, 0.15) is 23.6 Å². The van der Waals surface area contributed by atoms with Crippen molar-refractivity contribution in [3.05, 3.63) is 53.4 Å². The number of likely N-dealkylation sites (N-methyl/N-ethyl adjacent to an activating group) is 2. The molecule has 4 heterocycles. The lowest BCUT2D eigenvalue weighted by atomic mass is 10.0. The van der Waals surface area contributed by atoms with Gasteiger partial charge in [0, 0.05) is 67.5 Å². The van der Waals surface area contributed by atoms with Crippen LogP contribution in [0.2, 0.25) is 5.02 Å². The first-order valence-corrected chi connectivity index (χ1v) is 14.5. The molecule has 42 heavy (non-hydrogen) atoms.